The van der Waals surface area contributed by atoms with Crippen LogP contribution in [-0.4, -0.2) is 5.78 Å². The second-order valence-electron chi connectivity index (χ2n) is 3.70. The molecule has 2 bridgehead atoms. The first-order valence-corrected chi connectivity index (χ1v) is 5.10. The minimum absolute atomic E-state index is 0.0401. The molecule has 2 aliphatic carbocycles. The van der Waals surface area contributed by atoms with Crippen LogP contribution < -0.4 is 0 Å². The van der Waals surface area contributed by atoms with Gasteiger partial charge in [-0.05, 0) is 36.4 Å². The SMILES string of the molecule is O=C1c2ccc(cc2)C#Cc2ccccc21. The summed E-state index contributed by atoms with van der Waals surface area (Å²) in [6.07, 6.45) is 0. The van der Waals surface area contributed by atoms with Gasteiger partial charge in [0.05, 0.1) is 0 Å². The normalized spacial score (nSPS) is 11.9. The van der Waals surface area contributed by atoms with Gasteiger partial charge in [-0.2, -0.15) is 0 Å². The van der Waals surface area contributed by atoms with Crippen LogP contribution in [0.25, 0.3) is 0 Å². The molecule has 0 saturated carbocycles. The molecule has 0 radical (unpaired) electrons. The molecule has 0 amide bonds. The molecule has 0 fully saturated rings. The van der Waals surface area contributed by atoms with Crippen molar-refractivity contribution in [2.75, 3.05) is 0 Å². The van der Waals surface area contributed by atoms with Gasteiger partial charge in [-0.3, -0.25) is 4.79 Å². The van der Waals surface area contributed by atoms with E-state index in [2.05, 4.69) is 11.8 Å². The minimum atomic E-state index is 0.0401. The topological polar surface area (TPSA) is 17.1 Å². The number of hydrogen-bond donors (Lipinski definition) is 0. The highest BCUT2D eigenvalue weighted by Gasteiger charge is 2.13. The van der Waals surface area contributed by atoms with E-state index in [9.17, 15) is 4.79 Å². The van der Waals surface area contributed by atoms with Crippen molar-refractivity contribution in [1.29, 1.82) is 0 Å². The van der Waals surface area contributed by atoms with Gasteiger partial charge in [0.2, 0.25) is 0 Å². The molecule has 2 aliphatic rings. The Kier molecular flexibility index (Phi) is 1.88. The molecule has 0 unspecified atom stereocenters. The smallest absolute Gasteiger partial charge is 0.194 e. The van der Waals surface area contributed by atoms with Gasteiger partial charge in [-0.25, -0.2) is 0 Å². The molecule has 1 nitrogen and oxygen atoms in total. The Morgan fingerprint density at radius 2 is 1.56 bits per heavy atom. The van der Waals surface area contributed by atoms with E-state index in [0.717, 1.165) is 11.1 Å². The first-order chi connectivity index (χ1) is 7.84. The molecule has 0 spiro atoms. The zero-order valence-corrected chi connectivity index (χ0v) is 8.53. The summed E-state index contributed by atoms with van der Waals surface area (Å²) >= 11 is 0. The Morgan fingerprint density at radius 1 is 0.812 bits per heavy atom. The summed E-state index contributed by atoms with van der Waals surface area (Å²) in [7, 11) is 0. The molecular weight excluding hydrogens is 196 g/mol. The van der Waals surface area contributed by atoms with Crippen molar-refractivity contribution in [3.05, 3.63) is 70.8 Å². The van der Waals surface area contributed by atoms with Crippen LogP contribution in [0.1, 0.15) is 27.0 Å². The van der Waals surface area contributed by atoms with Gasteiger partial charge in [-0.15, -0.1) is 0 Å². The lowest BCUT2D eigenvalue weighted by atomic mass is 9.99. The van der Waals surface area contributed by atoms with Crippen molar-refractivity contribution in [2.24, 2.45) is 0 Å². The van der Waals surface area contributed by atoms with Crippen LogP contribution in [0.15, 0.2) is 48.5 Å². The van der Waals surface area contributed by atoms with Gasteiger partial charge in [-0.1, -0.05) is 24.0 Å². The number of fused-ring (bicyclic) bond motifs is 2. The number of hydrogen-bond acceptors (Lipinski definition) is 1. The van der Waals surface area contributed by atoms with Crippen LogP contribution in [0.4, 0.5) is 0 Å². The zero-order chi connectivity index (χ0) is 11.0. The fourth-order valence-electron chi connectivity index (χ4n) is 1.79. The van der Waals surface area contributed by atoms with Crippen molar-refractivity contribution >= 4 is 5.78 Å². The van der Waals surface area contributed by atoms with Crippen molar-refractivity contribution in [3.8, 4) is 11.8 Å². The zero-order valence-electron chi connectivity index (χ0n) is 8.53. The van der Waals surface area contributed by atoms with Crippen LogP contribution in [0.3, 0.4) is 0 Å². The summed E-state index contributed by atoms with van der Waals surface area (Å²) in [5, 5.41) is 0. The summed E-state index contributed by atoms with van der Waals surface area (Å²) in [6.45, 7) is 0. The van der Waals surface area contributed by atoms with E-state index in [1.54, 1.807) is 0 Å². The predicted octanol–water partition coefficient (Wildman–Crippen LogP) is 2.63. The molecule has 16 heavy (non-hydrogen) atoms. The summed E-state index contributed by atoms with van der Waals surface area (Å²) in [6, 6.07) is 14.9. The summed E-state index contributed by atoms with van der Waals surface area (Å²) in [5.74, 6) is 6.13. The maximum absolute atomic E-state index is 12.2. The van der Waals surface area contributed by atoms with Crippen LogP contribution >= 0.6 is 0 Å². The first kappa shape index (κ1) is 8.94. The fraction of sp³-hybridized carbons (Fsp3) is 0. The Hall–Kier alpha value is -2.33. The van der Waals surface area contributed by atoms with Crippen molar-refractivity contribution in [3.63, 3.8) is 0 Å². The average Bonchev–Trinajstić information content (AvgIpc) is 2.45. The monoisotopic (exact) mass is 204 g/mol. The molecule has 0 aliphatic heterocycles. The lowest BCUT2D eigenvalue weighted by Gasteiger charge is -2.02. The Labute approximate surface area is 93.7 Å². The van der Waals surface area contributed by atoms with Crippen LogP contribution in [-0.2, 0) is 0 Å². The van der Waals surface area contributed by atoms with Gasteiger partial charge < -0.3 is 0 Å². The van der Waals surface area contributed by atoms with Gasteiger partial charge in [0.25, 0.3) is 0 Å². The van der Waals surface area contributed by atoms with Crippen molar-refractivity contribution < 1.29 is 4.79 Å². The molecule has 74 valence electrons. The highest BCUT2D eigenvalue weighted by Crippen LogP contribution is 2.16. The third-order valence-corrected chi connectivity index (χ3v) is 2.66. The largest absolute Gasteiger partial charge is 0.289 e. The Bertz CT molecular complexity index is 624. The van der Waals surface area contributed by atoms with E-state index in [1.165, 1.54) is 0 Å². The van der Waals surface area contributed by atoms with E-state index in [1.807, 2.05) is 48.5 Å². The molecular formula is C15H8O. The van der Waals surface area contributed by atoms with E-state index < -0.39 is 0 Å². The van der Waals surface area contributed by atoms with Crippen LogP contribution in [0.2, 0.25) is 0 Å². The molecule has 0 N–H and O–H groups in total. The number of benzene rings is 2. The molecule has 0 saturated heterocycles. The Morgan fingerprint density at radius 3 is 2.38 bits per heavy atom. The van der Waals surface area contributed by atoms with Crippen LogP contribution in [0, 0.1) is 11.8 Å². The van der Waals surface area contributed by atoms with E-state index in [-0.39, 0.29) is 5.78 Å². The number of ketones is 1. The molecule has 2 aromatic rings. The second kappa shape index (κ2) is 3.36. The lowest BCUT2D eigenvalue weighted by molar-refractivity contribution is 0.103. The highest BCUT2D eigenvalue weighted by atomic mass is 16.1. The summed E-state index contributed by atoms with van der Waals surface area (Å²) in [4.78, 5) is 12.2. The number of rotatable bonds is 0. The van der Waals surface area contributed by atoms with Gasteiger partial charge in [0.15, 0.2) is 5.78 Å². The maximum atomic E-state index is 12.2. The minimum Gasteiger partial charge on any atom is -0.289 e. The molecule has 0 atom stereocenters. The molecule has 4 rings (SSSR count). The molecule has 0 heterocycles. The van der Waals surface area contributed by atoms with Crippen molar-refractivity contribution in [1.82, 2.24) is 0 Å². The van der Waals surface area contributed by atoms with Gasteiger partial charge >= 0.3 is 0 Å². The van der Waals surface area contributed by atoms with Gasteiger partial charge in [0.1, 0.15) is 0 Å². The summed E-state index contributed by atoms with van der Waals surface area (Å²) < 4.78 is 0. The second-order valence-corrected chi connectivity index (χ2v) is 3.70. The summed E-state index contributed by atoms with van der Waals surface area (Å²) in [5.41, 5.74) is 3.13. The van der Waals surface area contributed by atoms with Crippen molar-refractivity contribution in [2.45, 2.75) is 0 Å². The first-order valence-electron chi connectivity index (χ1n) is 5.10. The quantitative estimate of drug-likeness (QED) is 0.514. The van der Waals surface area contributed by atoms with E-state index in [4.69, 9.17) is 0 Å². The van der Waals surface area contributed by atoms with Crippen LogP contribution in [0.5, 0.6) is 0 Å². The molecule has 0 aromatic heterocycles. The lowest BCUT2D eigenvalue weighted by Crippen LogP contribution is -2.02. The fourth-order valence-corrected chi connectivity index (χ4v) is 1.79. The average molecular weight is 204 g/mol. The standard InChI is InChI=1S/C15H8O/c16-15-13-9-6-11(7-10-13)5-8-12-3-1-2-4-14(12)15/h1-4,6-7,9-10H. The third-order valence-electron chi connectivity index (χ3n) is 2.66. The predicted molar refractivity (Wildman–Crippen MR) is 62.3 cm³/mol. The third kappa shape index (κ3) is 1.32. The maximum Gasteiger partial charge on any atom is 0.194 e. The number of carbonyl (C=O) groups is 1. The molecule has 2 aromatic carbocycles. The van der Waals surface area contributed by atoms with E-state index in [0.29, 0.717) is 11.1 Å². The number of carbonyl (C=O) groups excluding carboxylic acids is 1. The van der Waals surface area contributed by atoms with E-state index >= 15 is 0 Å². The highest BCUT2D eigenvalue weighted by molar-refractivity contribution is 6.10. The Balaban J connectivity index is 2.36. The van der Waals surface area contributed by atoms with Gasteiger partial charge in [0, 0.05) is 22.3 Å². The molecule has 1 heteroatoms.